The number of aromatic nitrogens is 4. The number of para-hydroxylation sites is 2. The quantitative estimate of drug-likeness (QED) is 0.155. The molecule has 9 aromatic carbocycles. The third kappa shape index (κ3) is 5.97. The van der Waals surface area contributed by atoms with Gasteiger partial charge in [-0.2, -0.15) is 0 Å². The van der Waals surface area contributed by atoms with Crippen molar-refractivity contribution < 1.29 is 9.47 Å². The van der Waals surface area contributed by atoms with Crippen LogP contribution in [-0.2, 0) is 10.8 Å². The highest BCUT2D eigenvalue weighted by molar-refractivity contribution is 7.21. The molecule has 0 saturated heterocycles. The largest absolute Gasteiger partial charge is 0.431 e. The van der Waals surface area contributed by atoms with E-state index < -0.39 is 0 Å². The zero-order chi connectivity index (χ0) is 47.3. The Morgan fingerprint density at radius 2 is 0.761 bits per heavy atom. The van der Waals surface area contributed by atoms with Gasteiger partial charge in [0, 0.05) is 32.7 Å². The van der Waals surface area contributed by atoms with Crippen molar-refractivity contribution in [1.29, 1.82) is 0 Å². The van der Waals surface area contributed by atoms with E-state index >= 15 is 0 Å². The fourth-order valence-electron chi connectivity index (χ4n) is 11.6. The molecule has 4 heterocycles. The van der Waals surface area contributed by atoms with Crippen LogP contribution in [0.15, 0.2) is 170 Å². The van der Waals surface area contributed by atoms with Gasteiger partial charge in [-0.3, -0.25) is 0 Å². The van der Waals surface area contributed by atoms with Crippen molar-refractivity contribution in [2.45, 2.75) is 38.5 Å². The number of ether oxygens (including phenoxy) is 2. The van der Waals surface area contributed by atoms with Crippen molar-refractivity contribution >= 4 is 98.1 Å². The standard InChI is InChI=1S/C62H40N4O2S3/c1-61(2)43-19-7-5-15-37(43)51-39(17-13-21-45(51)61)57-55-56(58(71-57)40-18-14-22-46-52(40)38-16-6-8-20-44(38)62(46,3)4)66-54-42-32-34(68-60-64-48-24-10-12-26-50(48)70-60)28-30-36(42)35-29-27-33(31-41(35)53(54)65-55)67-59-63-47-23-9-11-25-49(47)69-59/h5-32H,1-4H3. The number of thiophene rings is 1. The summed E-state index contributed by atoms with van der Waals surface area (Å²) >= 11 is 4.89. The van der Waals surface area contributed by atoms with Crippen LogP contribution >= 0.6 is 34.0 Å². The number of fused-ring (bicyclic) bond motifs is 15. The fraction of sp³-hybridized carbons (Fsp3) is 0.0968. The number of thiazole rings is 2. The van der Waals surface area contributed by atoms with Gasteiger partial charge in [0.05, 0.1) is 41.2 Å². The molecular weight excluding hydrogens is 929 g/mol. The second-order valence-electron chi connectivity index (χ2n) is 19.7. The molecule has 0 fully saturated rings. The maximum Gasteiger partial charge on any atom is 0.279 e. The second-order valence-corrected chi connectivity index (χ2v) is 22.7. The zero-order valence-electron chi connectivity index (χ0n) is 39.0. The van der Waals surface area contributed by atoms with Gasteiger partial charge in [0.2, 0.25) is 0 Å². The molecular formula is C62H40N4O2S3. The van der Waals surface area contributed by atoms with Crippen LogP contribution in [0.25, 0.3) is 107 Å². The Morgan fingerprint density at radius 3 is 1.23 bits per heavy atom. The van der Waals surface area contributed by atoms with Crippen LogP contribution in [0.3, 0.4) is 0 Å². The van der Waals surface area contributed by atoms with Crippen molar-refractivity contribution in [2.75, 3.05) is 0 Å². The molecule has 338 valence electrons. The molecule has 13 aromatic rings. The summed E-state index contributed by atoms with van der Waals surface area (Å²) in [7, 11) is 0. The highest BCUT2D eigenvalue weighted by Crippen LogP contribution is 2.58. The Morgan fingerprint density at radius 1 is 0.352 bits per heavy atom. The molecule has 0 spiro atoms. The minimum Gasteiger partial charge on any atom is -0.431 e. The van der Waals surface area contributed by atoms with E-state index in [0.29, 0.717) is 21.9 Å². The van der Waals surface area contributed by atoms with Gasteiger partial charge in [-0.1, -0.05) is 160 Å². The van der Waals surface area contributed by atoms with E-state index in [4.69, 9.17) is 29.4 Å². The Balaban J connectivity index is 1.04. The lowest BCUT2D eigenvalue weighted by Gasteiger charge is -2.21. The lowest BCUT2D eigenvalue weighted by Crippen LogP contribution is -2.14. The molecule has 6 nitrogen and oxygen atoms in total. The van der Waals surface area contributed by atoms with Crippen LogP contribution in [0.2, 0.25) is 0 Å². The van der Waals surface area contributed by atoms with Gasteiger partial charge in [0.1, 0.15) is 22.5 Å². The first-order valence-corrected chi connectivity index (χ1v) is 26.3. The van der Waals surface area contributed by atoms with Crippen LogP contribution in [0.4, 0.5) is 0 Å². The van der Waals surface area contributed by atoms with Crippen molar-refractivity contribution in [3.63, 3.8) is 0 Å². The number of hydrogen-bond donors (Lipinski definition) is 0. The third-order valence-electron chi connectivity index (χ3n) is 15.0. The van der Waals surface area contributed by atoms with Gasteiger partial charge < -0.3 is 9.47 Å². The highest BCUT2D eigenvalue weighted by Gasteiger charge is 2.39. The molecule has 2 aliphatic rings. The lowest BCUT2D eigenvalue weighted by molar-refractivity contribution is 0.480. The summed E-state index contributed by atoms with van der Waals surface area (Å²) in [5.41, 5.74) is 17.5. The van der Waals surface area contributed by atoms with E-state index in [1.54, 1.807) is 0 Å². The first-order valence-electron chi connectivity index (χ1n) is 23.9. The van der Waals surface area contributed by atoms with Gasteiger partial charge in [0.25, 0.3) is 10.4 Å². The number of hydrogen-bond acceptors (Lipinski definition) is 9. The monoisotopic (exact) mass is 968 g/mol. The predicted molar refractivity (Wildman–Crippen MR) is 295 cm³/mol. The molecule has 0 unspecified atom stereocenters. The zero-order valence-corrected chi connectivity index (χ0v) is 41.4. The van der Waals surface area contributed by atoms with Gasteiger partial charge in [-0.05, 0) is 116 Å². The Kier molecular flexibility index (Phi) is 8.58. The van der Waals surface area contributed by atoms with E-state index in [1.165, 1.54) is 78.3 Å². The van der Waals surface area contributed by atoms with E-state index in [9.17, 15) is 0 Å². The van der Waals surface area contributed by atoms with Crippen LogP contribution in [0.5, 0.6) is 21.9 Å². The summed E-state index contributed by atoms with van der Waals surface area (Å²) in [6, 6.07) is 60.3. The van der Waals surface area contributed by atoms with Gasteiger partial charge in [0.15, 0.2) is 0 Å². The molecule has 0 saturated carbocycles. The molecule has 0 N–H and O–H groups in total. The molecule has 0 radical (unpaired) electrons. The lowest BCUT2D eigenvalue weighted by atomic mass is 9.82. The Labute approximate surface area is 420 Å². The Bertz CT molecular complexity index is 4100. The molecule has 0 bridgehead atoms. The van der Waals surface area contributed by atoms with Gasteiger partial charge >= 0.3 is 0 Å². The minimum absolute atomic E-state index is 0.175. The highest BCUT2D eigenvalue weighted by atomic mass is 32.1. The molecule has 71 heavy (non-hydrogen) atoms. The minimum atomic E-state index is -0.175. The van der Waals surface area contributed by atoms with Crippen LogP contribution in [-0.4, -0.2) is 19.9 Å². The van der Waals surface area contributed by atoms with E-state index in [2.05, 4.69) is 149 Å². The van der Waals surface area contributed by atoms with Crippen molar-refractivity contribution in [3.8, 4) is 65.0 Å². The molecule has 0 atom stereocenters. The van der Waals surface area contributed by atoms with E-state index in [-0.39, 0.29) is 10.8 Å². The number of nitrogens with zero attached hydrogens (tertiary/aromatic N) is 4. The van der Waals surface area contributed by atoms with Gasteiger partial charge in [-0.15, -0.1) is 11.3 Å². The van der Waals surface area contributed by atoms with Crippen LogP contribution in [0, 0.1) is 0 Å². The fourth-order valence-corrected chi connectivity index (χ4v) is 14.5. The van der Waals surface area contributed by atoms with Crippen LogP contribution in [0.1, 0.15) is 49.9 Å². The van der Waals surface area contributed by atoms with E-state index in [0.717, 1.165) is 73.8 Å². The maximum atomic E-state index is 6.61. The van der Waals surface area contributed by atoms with Crippen LogP contribution < -0.4 is 9.47 Å². The average molecular weight is 969 g/mol. The topological polar surface area (TPSA) is 70.0 Å². The normalized spacial score (nSPS) is 14.1. The summed E-state index contributed by atoms with van der Waals surface area (Å²) in [5, 5.41) is 5.15. The molecule has 0 aliphatic heterocycles. The van der Waals surface area contributed by atoms with Crippen molar-refractivity contribution in [2.24, 2.45) is 0 Å². The number of benzene rings is 9. The third-order valence-corrected chi connectivity index (χ3v) is 18.0. The first-order chi connectivity index (χ1) is 34.7. The van der Waals surface area contributed by atoms with Gasteiger partial charge in [-0.25, -0.2) is 19.9 Å². The summed E-state index contributed by atoms with van der Waals surface area (Å²) in [6.45, 7) is 9.39. The summed E-state index contributed by atoms with van der Waals surface area (Å²) < 4.78 is 15.4. The smallest absolute Gasteiger partial charge is 0.279 e. The molecule has 2 aliphatic carbocycles. The summed E-state index contributed by atoms with van der Waals surface area (Å²) in [4.78, 5) is 23.7. The van der Waals surface area contributed by atoms with Crippen molar-refractivity contribution in [3.05, 3.63) is 192 Å². The van der Waals surface area contributed by atoms with E-state index in [1.807, 2.05) is 59.9 Å². The summed E-state index contributed by atoms with van der Waals surface area (Å²) in [6.07, 6.45) is 0. The SMILES string of the molecule is CC1(C)c2ccccc2-c2c(-c3sc(-c4cccc5c4-c4ccccc4C5(C)C)c4nc5c6cc(Oc7nc8ccccc8s7)ccc6c6ccc(Oc7nc8ccccc8s7)cc6c5nc34)cccc21. The van der Waals surface area contributed by atoms with Crippen molar-refractivity contribution in [1.82, 2.24) is 19.9 Å². The molecule has 15 rings (SSSR count). The maximum absolute atomic E-state index is 6.61. The average Bonchev–Trinajstić information content (AvgIpc) is 4.20. The molecule has 4 aromatic heterocycles. The second kappa shape index (κ2) is 14.9. The number of rotatable bonds is 6. The predicted octanol–water partition coefficient (Wildman–Crippen LogP) is 17.9. The molecule has 9 heteroatoms. The first kappa shape index (κ1) is 41.0. The Hall–Kier alpha value is -7.82. The molecule has 0 amide bonds. The summed E-state index contributed by atoms with van der Waals surface area (Å²) in [5.74, 6) is 1.36.